The molecule has 0 saturated heterocycles. The number of rotatable bonds is 4. The molecule has 0 saturated carbocycles. The highest BCUT2D eigenvalue weighted by molar-refractivity contribution is 9.10. The summed E-state index contributed by atoms with van der Waals surface area (Å²) < 4.78 is 2.89. The topological polar surface area (TPSA) is 46.4 Å². The molecule has 1 amide bonds. The molecule has 0 atom stereocenters. The highest BCUT2D eigenvalue weighted by atomic mass is 79.9. The second-order valence-electron chi connectivity index (χ2n) is 5.75. The first-order valence-corrected chi connectivity index (χ1v) is 9.90. The van der Waals surface area contributed by atoms with Crippen molar-refractivity contribution in [2.24, 2.45) is 0 Å². The fourth-order valence-corrected chi connectivity index (χ4v) is 4.05. The van der Waals surface area contributed by atoms with Gasteiger partial charge in [0.25, 0.3) is 0 Å². The lowest BCUT2D eigenvalue weighted by molar-refractivity contribution is -0.115. The molecule has 26 heavy (non-hydrogen) atoms. The number of thiazole rings is 1. The monoisotopic (exact) mass is 445 g/mol. The van der Waals surface area contributed by atoms with Crippen LogP contribution in [0.2, 0.25) is 5.02 Å². The molecule has 7 heteroatoms. The van der Waals surface area contributed by atoms with Gasteiger partial charge in [-0.25, -0.2) is 4.98 Å². The van der Waals surface area contributed by atoms with Crippen molar-refractivity contribution in [3.63, 3.8) is 0 Å². The van der Waals surface area contributed by atoms with E-state index in [4.69, 9.17) is 11.6 Å². The molecule has 130 valence electrons. The molecular formula is C19H13BrClN3OS. The summed E-state index contributed by atoms with van der Waals surface area (Å²) in [5.41, 5.74) is 3.53. The maximum Gasteiger partial charge on any atom is 0.230 e. The van der Waals surface area contributed by atoms with Gasteiger partial charge in [0, 0.05) is 38.0 Å². The van der Waals surface area contributed by atoms with Crippen LogP contribution < -0.4 is 5.32 Å². The second-order valence-corrected chi connectivity index (χ2v) is 7.94. The predicted octanol–water partition coefficient (Wildman–Crippen LogP) is 5.66. The van der Waals surface area contributed by atoms with Crippen molar-refractivity contribution in [1.82, 2.24) is 9.38 Å². The van der Waals surface area contributed by atoms with E-state index in [0.717, 1.165) is 32.1 Å². The summed E-state index contributed by atoms with van der Waals surface area (Å²) in [6.45, 7) is 0. The minimum atomic E-state index is -0.0652. The van der Waals surface area contributed by atoms with Crippen LogP contribution in [0.3, 0.4) is 0 Å². The summed E-state index contributed by atoms with van der Waals surface area (Å²) >= 11 is 10.9. The first-order chi connectivity index (χ1) is 12.6. The Bertz CT molecular complexity index is 1090. The smallest absolute Gasteiger partial charge is 0.230 e. The Hall–Kier alpha value is -2.15. The summed E-state index contributed by atoms with van der Waals surface area (Å²) in [5.74, 6) is -0.0652. The summed E-state index contributed by atoms with van der Waals surface area (Å²) in [6, 6.07) is 15.1. The minimum absolute atomic E-state index is 0.0652. The van der Waals surface area contributed by atoms with Crippen LogP contribution in [0.25, 0.3) is 16.2 Å². The fraction of sp³-hybridized carbons (Fsp3) is 0.0526. The lowest BCUT2D eigenvalue weighted by Gasteiger charge is -2.05. The molecule has 0 aliphatic carbocycles. The third-order valence-electron chi connectivity index (χ3n) is 3.87. The molecule has 4 nitrogen and oxygen atoms in total. The number of fused-ring (bicyclic) bond motifs is 1. The number of carbonyl (C=O) groups is 1. The first-order valence-electron chi connectivity index (χ1n) is 7.85. The normalized spacial score (nSPS) is 11.0. The van der Waals surface area contributed by atoms with Gasteiger partial charge in [-0.2, -0.15) is 0 Å². The molecule has 0 spiro atoms. The van der Waals surface area contributed by atoms with Crippen LogP contribution in [0, 0.1) is 0 Å². The number of aromatic nitrogens is 2. The molecular weight excluding hydrogens is 434 g/mol. The van der Waals surface area contributed by atoms with Crippen molar-refractivity contribution in [3.05, 3.63) is 75.3 Å². The molecule has 2 aromatic carbocycles. The molecule has 2 aromatic heterocycles. The van der Waals surface area contributed by atoms with Gasteiger partial charge in [-0.15, -0.1) is 11.3 Å². The Morgan fingerprint density at radius 2 is 2.04 bits per heavy atom. The van der Waals surface area contributed by atoms with E-state index in [1.54, 1.807) is 0 Å². The third kappa shape index (κ3) is 3.67. The van der Waals surface area contributed by atoms with Crippen molar-refractivity contribution in [3.8, 4) is 11.3 Å². The maximum atomic E-state index is 12.4. The van der Waals surface area contributed by atoms with E-state index in [1.165, 1.54) is 11.3 Å². The number of nitrogens with zero attached hydrogens (tertiary/aromatic N) is 2. The van der Waals surface area contributed by atoms with Crippen LogP contribution in [-0.2, 0) is 11.2 Å². The number of benzene rings is 2. The van der Waals surface area contributed by atoms with Crippen molar-refractivity contribution in [2.75, 3.05) is 5.32 Å². The van der Waals surface area contributed by atoms with Crippen molar-refractivity contribution >= 4 is 55.4 Å². The highest BCUT2D eigenvalue weighted by Crippen LogP contribution is 2.25. The van der Waals surface area contributed by atoms with Gasteiger partial charge in [0.1, 0.15) is 0 Å². The van der Waals surface area contributed by atoms with E-state index in [2.05, 4.69) is 26.2 Å². The quantitative estimate of drug-likeness (QED) is 0.440. The Kier molecular flexibility index (Phi) is 4.80. The standard InChI is InChI=1S/C19H13BrClN3OS/c20-13-2-1-3-15(8-13)22-18(25)9-16-11-26-19-23-17(10-24(16)19)12-4-6-14(21)7-5-12/h1-8,10-11H,9H2,(H,22,25). The van der Waals surface area contributed by atoms with E-state index in [9.17, 15) is 4.79 Å². The zero-order valence-corrected chi connectivity index (χ0v) is 16.6. The Balaban J connectivity index is 1.55. The minimum Gasteiger partial charge on any atom is -0.326 e. The lowest BCUT2D eigenvalue weighted by Crippen LogP contribution is -2.15. The van der Waals surface area contributed by atoms with Gasteiger partial charge >= 0.3 is 0 Å². The number of hydrogen-bond donors (Lipinski definition) is 1. The highest BCUT2D eigenvalue weighted by Gasteiger charge is 2.13. The number of nitrogens with one attached hydrogen (secondary N) is 1. The van der Waals surface area contributed by atoms with E-state index in [-0.39, 0.29) is 12.3 Å². The van der Waals surface area contributed by atoms with Crippen LogP contribution in [0.15, 0.2) is 64.6 Å². The van der Waals surface area contributed by atoms with E-state index >= 15 is 0 Å². The Morgan fingerprint density at radius 3 is 2.81 bits per heavy atom. The van der Waals surface area contributed by atoms with Gasteiger partial charge in [-0.05, 0) is 30.3 Å². The zero-order chi connectivity index (χ0) is 18.1. The molecule has 2 heterocycles. The van der Waals surface area contributed by atoms with Crippen molar-refractivity contribution < 1.29 is 4.79 Å². The Morgan fingerprint density at radius 1 is 1.23 bits per heavy atom. The van der Waals surface area contributed by atoms with Crippen LogP contribution >= 0.6 is 38.9 Å². The van der Waals surface area contributed by atoms with Crippen LogP contribution in [0.5, 0.6) is 0 Å². The average molecular weight is 447 g/mol. The number of amides is 1. The fourth-order valence-electron chi connectivity index (χ4n) is 2.65. The summed E-state index contributed by atoms with van der Waals surface area (Å²) in [7, 11) is 0. The molecule has 4 rings (SSSR count). The van der Waals surface area contributed by atoms with E-state index in [0.29, 0.717) is 5.02 Å². The van der Waals surface area contributed by atoms with E-state index in [1.807, 2.05) is 64.5 Å². The molecule has 4 aromatic rings. The van der Waals surface area contributed by atoms with Crippen LogP contribution in [0.4, 0.5) is 5.69 Å². The van der Waals surface area contributed by atoms with Crippen LogP contribution in [0.1, 0.15) is 5.69 Å². The zero-order valence-electron chi connectivity index (χ0n) is 13.4. The largest absolute Gasteiger partial charge is 0.326 e. The first kappa shape index (κ1) is 17.3. The SMILES string of the molecule is O=C(Cc1csc2nc(-c3ccc(Cl)cc3)cn12)Nc1cccc(Br)c1. The molecule has 0 unspecified atom stereocenters. The molecule has 0 bridgehead atoms. The average Bonchev–Trinajstić information content (AvgIpc) is 3.18. The molecule has 0 aliphatic heterocycles. The van der Waals surface area contributed by atoms with E-state index < -0.39 is 0 Å². The number of imidazole rings is 1. The van der Waals surface area contributed by atoms with Gasteiger partial charge in [0.05, 0.1) is 12.1 Å². The third-order valence-corrected chi connectivity index (χ3v) is 5.51. The maximum absolute atomic E-state index is 12.4. The molecule has 0 aliphatic rings. The van der Waals surface area contributed by atoms with Gasteiger partial charge in [-0.3, -0.25) is 9.20 Å². The summed E-state index contributed by atoms with van der Waals surface area (Å²) in [6.07, 6.45) is 2.24. The number of hydrogen-bond acceptors (Lipinski definition) is 3. The number of anilines is 1. The summed E-state index contributed by atoms with van der Waals surface area (Å²) in [5, 5.41) is 5.58. The molecule has 0 radical (unpaired) electrons. The number of carbonyl (C=O) groups excluding carboxylic acids is 1. The molecule has 1 N–H and O–H groups in total. The predicted molar refractivity (Wildman–Crippen MR) is 110 cm³/mol. The van der Waals surface area contributed by atoms with Crippen LogP contribution in [-0.4, -0.2) is 15.3 Å². The second kappa shape index (κ2) is 7.23. The lowest BCUT2D eigenvalue weighted by atomic mass is 10.2. The van der Waals surface area contributed by atoms with Gasteiger partial charge in [-0.1, -0.05) is 45.7 Å². The molecule has 0 fully saturated rings. The summed E-state index contributed by atoms with van der Waals surface area (Å²) in [4.78, 5) is 17.9. The number of halogens is 2. The van der Waals surface area contributed by atoms with Gasteiger partial charge in [0.15, 0.2) is 4.96 Å². The van der Waals surface area contributed by atoms with Gasteiger partial charge < -0.3 is 5.32 Å². The van der Waals surface area contributed by atoms with Gasteiger partial charge in [0.2, 0.25) is 5.91 Å². The van der Waals surface area contributed by atoms with Crippen molar-refractivity contribution in [2.45, 2.75) is 6.42 Å². The Labute approximate surface area is 167 Å². The van der Waals surface area contributed by atoms with Crippen molar-refractivity contribution in [1.29, 1.82) is 0 Å².